The summed E-state index contributed by atoms with van der Waals surface area (Å²) in [7, 11) is -3.86. The quantitative estimate of drug-likeness (QED) is 0.701. The van der Waals surface area contributed by atoms with Crippen LogP contribution in [0.3, 0.4) is 0 Å². The van der Waals surface area contributed by atoms with Crippen molar-refractivity contribution in [3.05, 3.63) is 41.0 Å². The summed E-state index contributed by atoms with van der Waals surface area (Å²) in [6.45, 7) is 2.18. The van der Waals surface area contributed by atoms with Gasteiger partial charge >= 0.3 is 0 Å². The Balaban J connectivity index is 1.60. The lowest BCUT2D eigenvalue weighted by Gasteiger charge is -2.33. The summed E-state index contributed by atoms with van der Waals surface area (Å²) in [6, 6.07) is 7.98. The summed E-state index contributed by atoms with van der Waals surface area (Å²) in [6.07, 6.45) is 3.67. The predicted molar refractivity (Wildman–Crippen MR) is 107 cm³/mol. The van der Waals surface area contributed by atoms with E-state index in [4.69, 9.17) is 11.6 Å². The van der Waals surface area contributed by atoms with Gasteiger partial charge in [-0.15, -0.1) is 11.3 Å². The van der Waals surface area contributed by atoms with Gasteiger partial charge in [0.1, 0.15) is 6.67 Å². The van der Waals surface area contributed by atoms with E-state index in [1.54, 1.807) is 16.0 Å². The highest BCUT2D eigenvalue weighted by Crippen LogP contribution is 2.42. The van der Waals surface area contributed by atoms with Gasteiger partial charge in [-0.05, 0) is 38.1 Å². The van der Waals surface area contributed by atoms with Crippen molar-refractivity contribution in [1.29, 1.82) is 0 Å². The van der Waals surface area contributed by atoms with Gasteiger partial charge in [0.15, 0.2) is 15.1 Å². The van der Waals surface area contributed by atoms with E-state index >= 15 is 0 Å². The molecule has 4 heterocycles. The van der Waals surface area contributed by atoms with Gasteiger partial charge in [-0.3, -0.25) is 4.40 Å². The molecule has 0 radical (unpaired) electrons. The number of benzene rings is 1. The zero-order valence-electron chi connectivity index (χ0n) is 14.4. The number of hydrogen-bond donors (Lipinski definition) is 1. The summed E-state index contributed by atoms with van der Waals surface area (Å²) in [4.78, 5) is 6.97. The first-order chi connectivity index (χ1) is 13.1. The Morgan fingerprint density at radius 3 is 2.70 bits per heavy atom. The van der Waals surface area contributed by atoms with Crippen molar-refractivity contribution >= 4 is 49.3 Å². The maximum absolute atomic E-state index is 13.6. The van der Waals surface area contributed by atoms with Crippen LogP contribution in [0.4, 0.5) is 11.4 Å². The summed E-state index contributed by atoms with van der Waals surface area (Å²) in [5.74, 6) is 0. The van der Waals surface area contributed by atoms with E-state index in [9.17, 15) is 8.42 Å². The number of aromatic nitrogens is 2. The zero-order valence-corrected chi connectivity index (χ0v) is 16.8. The topological polar surface area (TPSA) is 70.0 Å². The molecular formula is C17H18ClN5O2S2. The Bertz CT molecular complexity index is 1100. The number of para-hydroxylation sites is 2. The monoisotopic (exact) mass is 423 g/mol. The van der Waals surface area contributed by atoms with Gasteiger partial charge in [0.05, 0.1) is 11.4 Å². The lowest BCUT2D eigenvalue weighted by atomic mass is 10.0. The molecule has 7 nitrogen and oxygen atoms in total. The third-order valence-corrected chi connectivity index (χ3v) is 8.11. The average molecular weight is 424 g/mol. The molecule has 1 fully saturated rings. The van der Waals surface area contributed by atoms with Crippen LogP contribution in [0.15, 0.2) is 40.9 Å². The molecule has 1 aromatic carbocycles. The van der Waals surface area contributed by atoms with Gasteiger partial charge in [0, 0.05) is 17.6 Å². The van der Waals surface area contributed by atoms with Crippen LogP contribution in [-0.4, -0.2) is 43.6 Å². The summed E-state index contributed by atoms with van der Waals surface area (Å²) in [5.41, 5.74) is 1.65. The number of fused-ring (bicyclic) bond motifs is 2. The fourth-order valence-corrected chi connectivity index (χ4v) is 6.76. The van der Waals surface area contributed by atoms with Gasteiger partial charge in [0.2, 0.25) is 0 Å². The highest BCUT2D eigenvalue weighted by atomic mass is 35.5. The first-order valence-electron chi connectivity index (χ1n) is 8.77. The molecule has 0 bridgehead atoms. The molecule has 27 heavy (non-hydrogen) atoms. The Labute approximate surface area is 166 Å². The number of thiazole rings is 1. The van der Waals surface area contributed by atoms with Crippen molar-refractivity contribution in [2.45, 2.75) is 23.9 Å². The van der Waals surface area contributed by atoms with Crippen LogP contribution in [0, 0.1) is 0 Å². The molecule has 10 heteroatoms. The van der Waals surface area contributed by atoms with Gasteiger partial charge in [-0.25, -0.2) is 9.29 Å². The molecule has 5 rings (SSSR count). The first-order valence-corrected chi connectivity index (χ1v) is 11.5. The van der Waals surface area contributed by atoms with Crippen molar-refractivity contribution < 1.29 is 8.42 Å². The number of nitrogens with zero attached hydrogens (tertiary/aromatic N) is 4. The molecule has 142 valence electrons. The SMILES string of the molecule is O=S(=O)(c1c(Cl)nc2sccn12)N1CN(C2CCNCC2)c2ccccc21. The Morgan fingerprint density at radius 1 is 1.19 bits per heavy atom. The van der Waals surface area contributed by atoms with Crippen LogP contribution < -0.4 is 14.5 Å². The molecule has 2 aliphatic heterocycles. The average Bonchev–Trinajstić information content (AvgIpc) is 3.34. The third-order valence-electron chi connectivity index (χ3n) is 5.20. The summed E-state index contributed by atoms with van der Waals surface area (Å²) >= 11 is 7.59. The summed E-state index contributed by atoms with van der Waals surface area (Å²) < 4.78 is 30.1. The molecule has 3 aromatic rings. The van der Waals surface area contributed by atoms with Gasteiger partial charge in [0.25, 0.3) is 10.0 Å². The minimum absolute atomic E-state index is 0.0136. The highest BCUT2D eigenvalue weighted by molar-refractivity contribution is 7.93. The van der Waals surface area contributed by atoms with Crippen LogP contribution >= 0.6 is 22.9 Å². The van der Waals surface area contributed by atoms with E-state index in [0.717, 1.165) is 31.6 Å². The molecule has 0 saturated carbocycles. The van der Waals surface area contributed by atoms with Crippen molar-refractivity contribution in [2.24, 2.45) is 0 Å². The number of rotatable bonds is 3. The second-order valence-corrected chi connectivity index (χ2v) is 9.71. The Kier molecular flexibility index (Phi) is 4.08. The standard InChI is InChI=1S/C17H18ClN5O2S2/c18-15-16(21-9-10-26-17(21)20-15)27(24,25)23-11-22(12-5-7-19-8-6-12)13-3-1-2-4-14(13)23/h1-4,9-10,12,19H,5-8,11H2. The van der Waals surface area contributed by atoms with Crippen LogP contribution in [0.25, 0.3) is 4.96 Å². The van der Waals surface area contributed by atoms with Crippen molar-refractivity contribution in [2.75, 3.05) is 29.0 Å². The van der Waals surface area contributed by atoms with E-state index in [1.807, 2.05) is 24.3 Å². The molecule has 0 unspecified atom stereocenters. The second-order valence-electron chi connectivity index (χ2n) is 6.70. The van der Waals surface area contributed by atoms with Gasteiger partial charge in [-0.2, -0.15) is 8.42 Å². The molecule has 0 amide bonds. The molecule has 1 saturated heterocycles. The van der Waals surface area contributed by atoms with Crippen LogP contribution in [0.5, 0.6) is 0 Å². The largest absolute Gasteiger partial charge is 0.348 e. The van der Waals surface area contributed by atoms with Crippen molar-refractivity contribution in [3.8, 4) is 0 Å². The van der Waals surface area contributed by atoms with Crippen molar-refractivity contribution in [1.82, 2.24) is 14.7 Å². The number of piperidine rings is 1. The van der Waals surface area contributed by atoms with E-state index < -0.39 is 10.0 Å². The second kappa shape index (κ2) is 6.37. The number of halogens is 1. The van der Waals surface area contributed by atoms with E-state index in [2.05, 4.69) is 15.2 Å². The maximum Gasteiger partial charge on any atom is 0.285 e. The number of nitrogens with one attached hydrogen (secondary N) is 1. The smallest absolute Gasteiger partial charge is 0.285 e. The minimum Gasteiger partial charge on any atom is -0.348 e. The van der Waals surface area contributed by atoms with Gasteiger partial charge in [-0.1, -0.05) is 23.7 Å². The number of anilines is 2. The number of sulfonamides is 1. The van der Waals surface area contributed by atoms with E-state index in [0.29, 0.717) is 23.4 Å². The Morgan fingerprint density at radius 2 is 1.93 bits per heavy atom. The molecule has 0 aliphatic carbocycles. The zero-order chi connectivity index (χ0) is 18.6. The normalized spacial score (nSPS) is 18.4. The maximum atomic E-state index is 13.6. The number of imidazole rings is 1. The van der Waals surface area contributed by atoms with Crippen molar-refractivity contribution in [3.63, 3.8) is 0 Å². The minimum atomic E-state index is -3.86. The lowest BCUT2D eigenvalue weighted by Crippen LogP contribution is -2.45. The highest BCUT2D eigenvalue weighted by Gasteiger charge is 2.40. The fraction of sp³-hybridized carbons (Fsp3) is 0.353. The Hall–Kier alpha value is -1.81. The molecule has 2 aliphatic rings. The van der Waals surface area contributed by atoms with E-state index in [1.165, 1.54) is 15.6 Å². The molecule has 1 N–H and O–H groups in total. The number of hydrogen-bond acceptors (Lipinski definition) is 6. The van der Waals surface area contributed by atoms with Gasteiger partial charge < -0.3 is 10.2 Å². The molecule has 0 spiro atoms. The molecule has 2 aromatic heterocycles. The third kappa shape index (κ3) is 2.64. The first kappa shape index (κ1) is 17.3. The molecular weight excluding hydrogens is 406 g/mol. The molecule has 0 atom stereocenters. The van der Waals surface area contributed by atoms with Crippen LogP contribution in [0.1, 0.15) is 12.8 Å². The van der Waals surface area contributed by atoms with Crippen LogP contribution in [-0.2, 0) is 10.0 Å². The predicted octanol–water partition coefficient (Wildman–Crippen LogP) is 2.77. The van der Waals surface area contributed by atoms with E-state index in [-0.39, 0.29) is 10.2 Å². The lowest BCUT2D eigenvalue weighted by molar-refractivity contribution is 0.436. The fourth-order valence-electron chi connectivity index (χ4n) is 3.92. The summed E-state index contributed by atoms with van der Waals surface area (Å²) in [5, 5.41) is 5.21. The van der Waals surface area contributed by atoms with Crippen LogP contribution in [0.2, 0.25) is 5.15 Å².